The molecule has 0 saturated heterocycles. The van der Waals surface area contributed by atoms with E-state index in [2.05, 4.69) is 24.5 Å². The summed E-state index contributed by atoms with van der Waals surface area (Å²) in [5.74, 6) is 0.669. The predicted molar refractivity (Wildman–Crippen MR) is 68.1 cm³/mol. The molecule has 1 aromatic rings. The smallest absolute Gasteiger partial charge is 0.253 e. The lowest BCUT2D eigenvalue weighted by Gasteiger charge is -2.14. The molecule has 90 valence electrons. The van der Waals surface area contributed by atoms with Gasteiger partial charge in [-0.15, -0.1) is 0 Å². The highest BCUT2D eigenvalue weighted by atomic mass is 16.2. The zero-order valence-corrected chi connectivity index (χ0v) is 10.2. The summed E-state index contributed by atoms with van der Waals surface area (Å²) in [5, 5.41) is 5.94. The average Bonchev–Trinajstić information content (AvgIpc) is 2.26. The third-order valence-electron chi connectivity index (χ3n) is 2.52. The van der Waals surface area contributed by atoms with Crippen LogP contribution < -0.4 is 21.5 Å². The van der Waals surface area contributed by atoms with Crippen molar-refractivity contribution in [1.82, 2.24) is 0 Å². The van der Waals surface area contributed by atoms with Crippen LogP contribution in [0.4, 0.5) is 11.4 Å². The monoisotopic (exact) mass is 224 g/mol. The molecule has 0 amide bonds. The Morgan fingerprint density at radius 3 is 2.12 bits per heavy atom. The second-order valence-corrected chi connectivity index (χ2v) is 4.40. The largest absolute Gasteiger partial charge is 0.380 e. The first-order valence-corrected chi connectivity index (χ1v) is 5.89. The molecule has 0 aromatic heterocycles. The summed E-state index contributed by atoms with van der Waals surface area (Å²) in [4.78, 5) is 22.5. The summed E-state index contributed by atoms with van der Waals surface area (Å²) < 4.78 is 0. The van der Waals surface area contributed by atoms with E-state index in [9.17, 15) is 9.59 Å². The Hall–Kier alpha value is -1.32. The van der Waals surface area contributed by atoms with E-state index in [4.69, 9.17) is 0 Å². The Kier molecular flexibility index (Phi) is 4.52. The van der Waals surface area contributed by atoms with Gasteiger partial charge in [0, 0.05) is 13.1 Å². The molecule has 1 rings (SSSR count). The summed E-state index contributed by atoms with van der Waals surface area (Å²) in [5.41, 5.74) is 0.140. The fraction of sp³-hybridized carbons (Fsp3) is 0.667. The van der Waals surface area contributed by atoms with Gasteiger partial charge in [-0.05, 0) is 25.7 Å². The van der Waals surface area contributed by atoms with E-state index in [1.807, 2.05) is 6.92 Å². The van der Waals surface area contributed by atoms with Crippen LogP contribution >= 0.6 is 0 Å². The normalized spacial score (nSPS) is 11.0. The van der Waals surface area contributed by atoms with Gasteiger partial charge < -0.3 is 10.6 Å². The molecular formula is C12H20N2O2. The standard InChI is InChI=1S/C12H20N2O2/c1-4-13-9-10(12(16)11(9)15)14-7-5-6-8(2)3/h8,13-14H,4-7H2,1-3H3. The number of hydrogen-bond donors (Lipinski definition) is 2. The number of nitrogens with one attached hydrogen (secondary N) is 2. The van der Waals surface area contributed by atoms with Gasteiger partial charge in [0.1, 0.15) is 11.4 Å². The summed E-state index contributed by atoms with van der Waals surface area (Å²) >= 11 is 0. The van der Waals surface area contributed by atoms with E-state index in [-0.39, 0.29) is 5.43 Å². The van der Waals surface area contributed by atoms with Gasteiger partial charge in [0.15, 0.2) is 0 Å². The van der Waals surface area contributed by atoms with Crippen molar-refractivity contribution in [3.63, 3.8) is 0 Å². The molecule has 1 aromatic carbocycles. The van der Waals surface area contributed by atoms with E-state index >= 15 is 0 Å². The Morgan fingerprint density at radius 1 is 1.06 bits per heavy atom. The lowest BCUT2D eigenvalue weighted by molar-refractivity contribution is 0.567. The molecule has 0 radical (unpaired) electrons. The zero-order valence-electron chi connectivity index (χ0n) is 10.2. The van der Waals surface area contributed by atoms with Crippen molar-refractivity contribution in [3.05, 3.63) is 20.4 Å². The molecular weight excluding hydrogens is 204 g/mol. The number of anilines is 2. The van der Waals surface area contributed by atoms with Gasteiger partial charge in [0.2, 0.25) is 0 Å². The van der Waals surface area contributed by atoms with Crippen molar-refractivity contribution in [2.75, 3.05) is 23.7 Å². The molecule has 0 fully saturated rings. The first kappa shape index (κ1) is 12.7. The second-order valence-electron chi connectivity index (χ2n) is 4.40. The lowest BCUT2D eigenvalue weighted by atomic mass is 10.1. The second kappa shape index (κ2) is 5.68. The lowest BCUT2D eigenvalue weighted by Crippen LogP contribution is -2.37. The Bertz CT molecular complexity index is 403. The van der Waals surface area contributed by atoms with Crippen molar-refractivity contribution in [2.24, 2.45) is 5.92 Å². The molecule has 4 heteroatoms. The summed E-state index contributed by atoms with van der Waals surface area (Å²) in [6.45, 7) is 7.65. The first-order chi connectivity index (χ1) is 7.57. The molecule has 0 heterocycles. The topological polar surface area (TPSA) is 58.2 Å². The maximum Gasteiger partial charge on any atom is 0.253 e. The minimum Gasteiger partial charge on any atom is -0.380 e. The Balaban J connectivity index is 2.45. The molecule has 2 N–H and O–H groups in total. The van der Waals surface area contributed by atoms with Crippen molar-refractivity contribution < 1.29 is 0 Å². The van der Waals surface area contributed by atoms with Crippen LogP contribution in [0.3, 0.4) is 0 Å². The van der Waals surface area contributed by atoms with E-state index in [1.165, 1.54) is 0 Å². The molecule has 0 aliphatic carbocycles. The van der Waals surface area contributed by atoms with Crippen molar-refractivity contribution in [3.8, 4) is 0 Å². The highest BCUT2D eigenvalue weighted by molar-refractivity contribution is 5.73. The van der Waals surface area contributed by atoms with Gasteiger partial charge >= 0.3 is 0 Å². The molecule has 0 unspecified atom stereocenters. The van der Waals surface area contributed by atoms with E-state index in [0.29, 0.717) is 23.8 Å². The minimum atomic E-state index is -0.395. The van der Waals surface area contributed by atoms with Crippen LogP contribution in [0.2, 0.25) is 0 Å². The maximum atomic E-state index is 11.3. The van der Waals surface area contributed by atoms with Gasteiger partial charge in [-0.2, -0.15) is 0 Å². The first-order valence-electron chi connectivity index (χ1n) is 5.89. The molecule has 0 saturated carbocycles. The summed E-state index contributed by atoms with van der Waals surface area (Å²) in [6, 6.07) is 0. The number of hydrogen-bond acceptors (Lipinski definition) is 4. The molecule has 0 aliphatic heterocycles. The Labute approximate surface area is 95.8 Å². The third-order valence-corrected chi connectivity index (χ3v) is 2.52. The van der Waals surface area contributed by atoms with Crippen molar-refractivity contribution in [2.45, 2.75) is 33.6 Å². The summed E-state index contributed by atoms with van der Waals surface area (Å²) in [7, 11) is 0. The van der Waals surface area contributed by atoms with E-state index in [1.54, 1.807) is 0 Å². The fourth-order valence-corrected chi connectivity index (χ4v) is 1.63. The minimum absolute atomic E-state index is 0.388. The van der Waals surface area contributed by atoms with Gasteiger partial charge in [-0.1, -0.05) is 13.8 Å². The van der Waals surface area contributed by atoms with Crippen LogP contribution in [0.25, 0.3) is 0 Å². The molecule has 0 bridgehead atoms. The molecule has 16 heavy (non-hydrogen) atoms. The highest BCUT2D eigenvalue weighted by Crippen LogP contribution is 2.14. The zero-order chi connectivity index (χ0) is 12.1. The van der Waals surface area contributed by atoms with E-state index < -0.39 is 5.43 Å². The van der Waals surface area contributed by atoms with Crippen LogP contribution in [-0.4, -0.2) is 13.1 Å². The molecule has 4 nitrogen and oxygen atoms in total. The van der Waals surface area contributed by atoms with Crippen molar-refractivity contribution >= 4 is 11.4 Å². The number of rotatable bonds is 7. The van der Waals surface area contributed by atoms with Gasteiger partial charge in [0.25, 0.3) is 10.9 Å². The van der Waals surface area contributed by atoms with Crippen LogP contribution in [0.5, 0.6) is 0 Å². The molecule has 0 atom stereocenters. The highest BCUT2D eigenvalue weighted by Gasteiger charge is 2.19. The third kappa shape index (κ3) is 2.84. The van der Waals surface area contributed by atoms with Crippen LogP contribution in [-0.2, 0) is 0 Å². The predicted octanol–water partition coefficient (Wildman–Crippen LogP) is 1.56. The van der Waals surface area contributed by atoms with Crippen molar-refractivity contribution in [1.29, 1.82) is 0 Å². The van der Waals surface area contributed by atoms with Gasteiger partial charge in [-0.25, -0.2) is 0 Å². The van der Waals surface area contributed by atoms with Crippen LogP contribution in [0.1, 0.15) is 33.6 Å². The maximum absolute atomic E-state index is 11.3. The summed E-state index contributed by atoms with van der Waals surface area (Å²) in [6.07, 6.45) is 2.14. The van der Waals surface area contributed by atoms with E-state index in [0.717, 1.165) is 19.4 Å². The van der Waals surface area contributed by atoms with Crippen LogP contribution in [0.15, 0.2) is 9.59 Å². The molecule has 0 aliphatic rings. The van der Waals surface area contributed by atoms with Crippen LogP contribution in [0, 0.1) is 5.92 Å². The average molecular weight is 224 g/mol. The van der Waals surface area contributed by atoms with Gasteiger partial charge in [-0.3, -0.25) is 9.59 Å². The molecule has 0 spiro atoms. The van der Waals surface area contributed by atoms with Gasteiger partial charge in [0.05, 0.1) is 0 Å². The SMILES string of the molecule is CCNc1c(NCCCC(C)C)c(=O)c1=O. The fourth-order valence-electron chi connectivity index (χ4n) is 1.63. The quantitative estimate of drug-likeness (QED) is 0.545. The Morgan fingerprint density at radius 2 is 1.62 bits per heavy atom.